The highest BCUT2D eigenvalue weighted by molar-refractivity contribution is 5.73. The summed E-state index contributed by atoms with van der Waals surface area (Å²) < 4.78 is 1.82. The van der Waals surface area contributed by atoms with Gasteiger partial charge in [0, 0.05) is 0 Å². The van der Waals surface area contributed by atoms with Crippen LogP contribution in [-0.2, 0) is 0 Å². The Balaban J connectivity index is 4.19. The van der Waals surface area contributed by atoms with Crippen LogP contribution in [0.1, 0.15) is 0 Å². The minimum atomic E-state index is 0.685. The zero-order chi connectivity index (χ0) is 7.44. The van der Waals surface area contributed by atoms with Gasteiger partial charge in [-0.25, -0.2) is 4.90 Å². The minimum Gasteiger partial charge on any atom is -0.290 e. The van der Waals surface area contributed by atoms with Crippen LogP contribution in [0.2, 0.25) is 0 Å². The maximum absolute atomic E-state index is 5.57. The molecule has 0 aromatic carbocycles. The third-order valence-corrected chi connectivity index (χ3v) is 1.09. The molecule has 0 aromatic rings. The molecule has 0 atom stereocenters. The van der Waals surface area contributed by atoms with E-state index < -0.39 is 0 Å². The maximum Gasteiger partial charge on any atom is 0.349 e. The van der Waals surface area contributed by atoms with Crippen molar-refractivity contribution in [1.29, 1.82) is 0 Å². The molecule has 0 spiro atoms. The SMILES string of the molecule is C=CN(C)C(N)=[N+](C)C. The molecule has 0 radical (unpaired) electrons. The van der Waals surface area contributed by atoms with Crippen molar-refractivity contribution < 1.29 is 4.58 Å². The first-order valence-electron chi connectivity index (χ1n) is 2.74. The van der Waals surface area contributed by atoms with E-state index in [-0.39, 0.29) is 0 Å². The predicted octanol–water partition coefficient (Wildman–Crippen LogP) is -0.352. The first-order chi connectivity index (χ1) is 4.09. The van der Waals surface area contributed by atoms with Crippen LogP contribution >= 0.6 is 0 Å². The highest BCUT2D eigenvalue weighted by Gasteiger charge is 2.03. The lowest BCUT2D eigenvalue weighted by molar-refractivity contribution is -0.470. The Morgan fingerprint density at radius 2 is 2.11 bits per heavy atom. The second-order valence-corrected chi connectivity index (χ2v) is 2.05. The number of nitrogens with zero attached hydrogens (tertiary/aromatic N) is 2. The van der Waals surface area contributed by atoms with Gasteiger partial charge in [0.1, 0.15) is 0 Å². The molecule has 0 aromatic heterocycles. The third-order valence-electron chi connectivity index (χ3n) is 1.09. The largest absolute Gasteiger partial charge is 0.349 e. The first kappa shape index (κ1) is 8.01. The van der Waals surface area contributed by atoms with E-state index in [0.717, 1.165) is 0 Å². The summed E-state index contributed by atoms with van der Waals surface area (Å²) in [5, 5.41) is 0. The predicted molar refractivity (Wildman–Crippen MR) is 39.3 cm³/mol. The molecule has 0 saturated heterocycles. The van der Waals surface area contributed by atoms with Crippen LogP contribution in [0.25, 0.3) is 0 Å². The average molecular weight is 128 g/mol. The molecule has 0 fully saturated rings. The van der Waals surface area contributed by atoms with Crippen molar-refractivity contribution >= 4 is 5.96 Å². The van der Waals surface area contributed by atoms with E-state index in [1.54, 1.807) is 11.1 Å². The fourth-order valence-electron chi connectivity index (χ4n) is 0.409. The zero-order valence-electron chi connectivity index (χ0n) is 6.26. The second-order valence-electron chi connectivity index (χ2n) is 2.05. The zero-order valence-corrected chi connectivity index (χ0v) is 6.26. The molecule has 0 rings (SSSR count). The monoisotopic (exact) mass is 128 g/mol. The number of rotatable bonds is 1. The third kappa shape index (κ3) is 2.17. The molecule has 2 N–H and O–H groups in total. The summed E-state index contributed by atoms with van der Waals surface area (Å²) in [5.74, 6) is 0.685. The van der Waals surface area contributed by atoms with Gasteiger partial charge in [-0.15, -0.1) is 0 Å². The highest BCUT2D eigenvalue weighted by atomic mass is 15.3. The molecule has 0 aliphatic carbocycles. The maximum atomic E-state index is 5.57. The number of nitrogens with two attached hydrogens (primary N) is 1. The van der Waals surface area contributed by atoms with Crippen molar-refractivity contribution in [3.63, 3.8) is 0 Å². The van der Waals surface area contributed by atoms with Gasteiger partial charge < -0.3 is 0 Å². The molecule has 0 aliphatic rings. The van der Waals surface area contributed by atoms with Gasteiger partial charge in [-0.3, -0.25) is 10.3 Å². The van der Waals surface area contributed by atoms with Crippen LogP contribution in [0.3, 0.4) is 0 Å². The topological polar surface area (TPSA) is 32.3 Å². The Labute approximate surface area is 56.1 Å². The number of guanidine groups is 1. The lowest BCUT2D eigenvalue weighted by atomic mass is 10.7. The molecule has 0 saturated carbocycles. The Morgan fingerprint density at radius 3 is 2.22 bits per heavy atom. The smallest absolute Gasteiger partial charge is 0.290 e. The van der Waals surface area contributed by atoms with Crippen molar-refractivity contribution in [3.8, 4) is 0 Å². The highest BCUT2D eigenvalue weighted by Crippen LogP contribution is 1.77. The summed E-state index contributed by atoms with van der Waals surface area (Å²) in [6, 6.07) is 0. The van der Waals surface area contributed by atoms with E-state index in [2.05, 4.69) is 6.58 Å². The molecule has 0 unspecified atom stereocenters. The summed E-state index contributed by atoms with van der Waals surface area (Å²) in [6.45, 7) is 3.56. The van der Waals surface area contributed by atoms with Crippen LogP contribution < -0.4 is 5.73 Å². The fourth-order valence-corrected chi connectivity index (χ4v) is 0.409. The van der Waals surface area contributed by atoms with Gasteiger partial charge in [0.25, 0.3) is 0 Å². The van der Waals surface area contributed by atoms with Gasteiger partial charge in [0.15, 0.2) is 0 Å². The standard InChI is InChI=1S/C6H13N3/c1-5-9(4)6(7)8(2)3/h5,7H,1H2,2-4H3/p+1. The van der Waals surface area contributed by atoms with E-state index in [1.165, 1.54) is 0 Å². The van der Waals surface area contributed by atoms with E-state index in [0.29, 0.717) is 5.96 Å². The molecule has 0 heterocycles. The normalized spacial score (nSPS) is 8.33. The van der Waals surface area contributed by atoms with Crippen molar-refractivity contribution in [3.05, 3.63) is 12.8 Å². The molecule has 3 heteroatoms. The molecular formula is C6H14N3+. The van der Waals surface area contributed by atoms with Gasteiger partial charge in [-0.1, -0.05) is 6.58 Å². The molecule has 0 bridgehead atoms. The van der Waals surface area contributed by atoms with Crippen molar-refractivity contribution in [2.45, 2.75) is 0 Å². The Bertz CT molecular complexity index is 133. The van der Waals surface area contributed by atoms with Crippen molar-refractivity contribution in [2.24, 2.45) is 5.73 Å². The van der Waals surface area contributed by atoms with Gasteiger partial charge >= 0.3 is 5.96 Å². The Morgan fingerprint density at radius 1 is 1.67 bits per heavy atom. The average Bonchev–Trinajstić information content (AvgIpc) is 1.84. The quantitative estimate of drug-likeness (QED) is 0.297. The van der Waals surface area contributed by atoms with Gasteiger partial charge in [0.05, 0.1) is 27.3 Å². The summed E-state index contributed by atoms with van der Waals surface area (Å²) in [5.41, 5.74) is 5.57. The number of hydrogen-bond donors (Lipinski definition) is 1. The fraction of sp³-hybridized carbons (Fsp3) is 0.500. The summed E-state index contributed by atoms with van der Waals surface area (Å²) in [6.07, 6.45) is 1.66. The summed E-state index contributed by atoms with van der Waals surface area (Å²) >= 11 is 0. The van der Waals surface area contributed by atoms with Crippen molar-refractivity contribution in [1.82, 2.24) is 4.90 Å². The van der Waals surface area contributed by atoms with E-state index in [4.69, 9.17) is 5.73 Å². The Kier molecular flexibility index (Phi) is 2.78. The first-order valence-corrected chi connectivity index (χ1v) is 2.74. The van der Waals surface area contributed by atoms with E-state index >= 15 is 0 Å². The Hall–Kier alpha value is -0.990. The lowest BCUT2D eigenvalue weighted by Crippen LogP contribution is -2.36. The molecule has 9 heavy (non-hydrogen) atoms. The van der Waals surface area contributed by atoms with E-state index in [9.17, 15) is 0 Å². The molecule has 52 valence electrons. The van der Waals surface area contributed by atoms with Crippen LogP contribution in [0.15, 0.2) is 12.8 Å². The van der Waals surface area contributed by atoms with E-state index in [1.807, 2.05) is 25.7 Å². The van der Waals surface area contributed by atoms with Crippen molar-refractivity contribution in [2.75, 3.05) is 21.1 Å². The van der Waals surface area contributed by atoms with Crippen LogP contribution in [0, 0.1) is 0 Å². The summed E-state index contributed by atoms with van der Waals surface area (Å²) in [4.78, 5) is 1.75. The van der Waals surface area contributed by atoms with Gasteiger partial charge in [-0.05, 0) is 0 Å². The summed E-state index contributed by atoms with van der Waals surface area (Å²) in [7, 11) is 5.62. The minimum absolute atomic E-state index is 0.685. The van der Waals surface area contributed by atoms with Crippen LogP contribution in [-0.4, -0.2) is 36.6 Å². The van der Waals surface area contributed by atoms with Gasteiger partial charge in [-0.2, -0.15) is 0 Å². The van der Waals surface area contributed by atoms with Crippen LogP contribution in [0.4, 0.5) is 0 Å². The molecular weight excluding hydrogens is 114 g/mol. The molecule has 3 nitrogen and oxygen atoms in total. The second kappa shape index (κ2) is 3.12. The molecule has 0 aliphatic heterocycles. The van der Waals surface area contributed by atoms with Gasteiger partial charge in [0.2, 0.25) is 0 Å². The molecule has 0 amide bonds. The number of hydrogen-bond acceptors (Lipinski definition) is 0. The lowest BCUT2D eigenvalue weighted by Gasteiger charge is -2.06. The van der Waals surface area contributed by atoms with Crippen LogP contribution in [0.5, 0.6) is 0 Å².